The quantitative estimate of drug-likeness (QED) is 0.134. The summed E-state index contributed by atoms with van der Waals surface area (Å²) < 4.78 is 9.46. The van der Waals surface area contributed by atoms with E-state index >= 15 is 0 Å². The lowest BCUT2D eigenvalue weighted by atomic mass is 10.0. The van der Waals surface area contributed by atoms with Crippen LogP contribution in [0.1, 0.15) is 98.9 Å². The number of carbonyl (C=O) groups is 5. The fourth-order valence-corrected chi connectivity index (χ4v) is 7.46. The number of aromatic carboxylic acids is 1. The van der Waals surface area contributed by atoms with Gasteiger partial charge in [0, 0.05) is 24.2 Å². The number of carboxylic acids is 1. The lowest BCUT2D eigenvalue weighted by Gasteiger charge is -2.30. The van der Waals surface area contributed by atoms with Crippen LogP contribution in [0, 0.1) is 23.7 Å². The van der Waals surface area contributed by atoms with E-state index in [2.05, 4.69) is 42.4 Å². The monoisotopic (exact) mass is 780 g/mol. The molecular formula is C41H48N8O8. The van der Waals surface area contributed by atoms with E-state index < -0.39 is 36.3 Å². The molecule has 4 atom stereocenters. The van der Waals surface area contributed by atoms with Crippen LogP contribution < -0.4 is 10.6 Å². The van der Waals surface area contributed by atoms with Crippen LogP contribution in [0.25, 0.3) is 22.0 Å². The zero-order chi connectivity index (χ0) is 41.0. The molecule has 300 valence electrons. The number of carbonyl (C=O) groups excluding carboxylic acids is 4. The summed E-state index contributed by atoms with van der Waals surface area (Å²) in [4.78, 5) is 82.2. The average molecular weight is 781 g/mol. The minimum atomic E-state index is -1.25. The van der Waals surface area contributed by atoms with E-state index in [4.69, 9.17) is 9.47 Å². The first-order valence-electron chi connectivity index (χ1n) is 19.0. The summed E-state index contributed by atoms with van der Waals surface area (Å²) in [7, 11) is 2.50. The number of aromatic amines is 2. The summed E-state index contributed by atoms with van der Waals surface area (Å²) in [6.07, 6.45) is 3.19. The van der Waals surface area contributed by atoms with E-state index in [1.54, 1.807) is 16.0 Å². The molecule has 0 radical (unpaired) electrons. The number of hydrogen-bond acceptors (Lipinski definition) is 9. The second kappa shape index (κ2) is 17.2. The van der Waals surface area contributed by atoms with Gasteiger partial charge < -0.3 is 45.0 Å². The van der Waals surface area contributed by atoms with Gasteiger partial charge in [0.2, 0.25) is 11.8 Å². The number of likely N-dealkylation sites (tertiary alicyclic amines) is 2. The van der Waals surface area contributed by atoms with Crippen molar-refractivity contribution in [3.63, 3.8) is 0 Å². The molecule has 5 N–H and O–H groups in total. The van der Waals surface area contributed by atoms with Crippen LogP contribution in [-0.2, 0) is 19.1 Å². The number of nitrogens with zero attached hydrogens (tertiary/aromatic N) is 4. The third-order valence-corrected chi connectivity index (χ3v) is 10.5. The molecule has 0 unspecified atom stereocenters. The van der Waals surface area contributed by atoms with Crippen LogP contribution in [0.2, 0.25) is 0 Å². The molecule has 4 heterocycles. The maximum absolute atomic E-state index is 13.6. The first kappa shape index (κ1) is 40.3. The van der Waals surface area contributed by atoms with Gasteiger partial charge in [-0.2, -0.15) is 0 Å². The molecule has 2 aliphatic rings. The Morgan fingerprint density at radius 3 is 1.91 bits per heavy atom. The van der Waals surface area contributed by atoms with Crippen molar-refractivity contribution in [2.45, 2.75) is 77.5 Å². The van der Waals surface area contributed by atoms with Gasteiger partial charge >= 0.3 is 18.2 Å². The molecular weight excluding hydrogens is 732 g/mol. The number of methoxy groups -OCH3 is 2. The van der Waals surface area contributed by atoms with E-state index in [1.807, 2.05) is 64.1 Å². The number of alkyl carbamates (subject to hydrolysis) is 2. The van der Waals surface area contributed by atoms with Crippen LogP contribution in [0.5, 0.6) is 0 Å². The van der Waals surface area contributed by atoms with Crippen molar-refractivity contribution in [2.75, 3.05) is 27.3 Å². The molecule has 16 heteroatoms. The van der Waals surface area contributed by atoms with Crippen molar-refractivity contribution in [2.24, 2.45) is 11.8 Å². The summed E-state index contributed by atoms with van der Waals surface area (Å²) in [5.41, 5.74) is 2.24. The van der Waals surface area contributed by atoms with Gasteiger partial charge in [0.25, 0.3) is 0 Å². The smallest absolute Gasteiger partial charge is 0.407 e. The van der Waals surface area contributed by atoms with Crippen LogP contribution in [0.4, 0.5) is 9.59 Å². The summed E-state index contributed by atoms with van der Waals surface area (Å²) in [5, 5.41) is 17.1. The molecule has 57 heavy (non-hydrogen) atoms. The highest BCUT2D eigenvalue weighted by molar-refractivity contribution is 5.90. The number of aromatic nitrogens is 4. The predicted octanol–water partition coefficient (Wildman–Crippen LogP) is 5.14. The van der Waals surface area contributed by atoms with E-state index in [-0.39, 0.29) is 41.1 Å². The van der Waals surface area contributed by atoms with Crippen molar-refractivity contribution < 1.29 is 38.6 Å². The van der Waals surface area contributed by atoms with Crippen molar-refractivity contribution in [3.05, 3.63) is 71.2 Å². The van der Waals surface area contributed by atoms with Crippen molar-refractivity contribution in [1.29, 1.82) is 0 Å². The van der Waals surface area contributed by atoms with Gasteiger partial charge in [0.1, 0.15) is 29.4 Å². The number of fused-ring (bicyclic) bond motifs is 1. The first-order valence-corrected chi connectivity index (χ1v) is 19.0. The molecule has 2 aliphatic heterocycles. The molecule has 2 fully saturated rings. The molecule has 4 aromatic rings. The maximum atomic E-state index is 13.6. The number of ether oxygens (including phenoxy) is 2. The topological polar surface area (TPSA) is 212 Å². The third kappa shape index (κ3) is 8.72. The molecule has 2 aromatic heterocycles. The van der Waals surface area contributed by atoms with Crippen molar-refractivity contribution >= 4 is 40.7 Å². The molecule has 2 saturated heterocycles. The zero-order valence-electron chi connectivity index (χ0n) is 32.8. The Kier molecular flexibility index (Phi) is 12.2. The predicted molar refractivity (Wildman–Crippen MR) is 209 cm³/mol. The van der Waals surface area contributed by atoms with E-state index in [9.17, 15) is 29.1 Å². The minimum Gasteiger partial charge on any atom is -0.476 e. The number of carboxylic acid groups (broad SMARTS) is 1. The lowest BCUT2D eigenvalue weighted by molar-refractivity contribution is -0.136. The van der Waals surface area contributed by atoms with Gasteiger partial charge in [-0.15, -0.1) is 0 Å². The summed E-state index contributed by atoms with van der Waals surface area (Å²) in [5.74, 6) is 4.93. The van der Waals surface area contributed by atoms with E-state index in [1.165, 1.54) is 14.2 Å². The highest BCUT2D eigenvalue weighted by atomic mass is 16.5. The molecule has 4 amide bonds. The van der Waals surface area contributed by atoms with Crippen LogP contribution >= 0.6 is 0 Å². The molecule has 0 spiro atoms. The number of H-pyrrole nitrogens is 2. The molecule has 0 aliphatic carbocycles. The standard InChI is InChI=1S/C41H48N8O8/c1-22(2)32(46-40(54)56-5)37(50)48-17-7-9-30(48)35-42-21-29(44-35)27-15-14-25-19-24(11-13-26(25)20-27)12-16-28-34(39(52)53)45-36(43-28)31-10-8-18-49(31)38(51)33(23(3)4)47-41(55)57-6/h11,13-15,19-23,30-33H,7-10,17-18H2,1-6H3,(H,42,44)(H,43,45)(H,46,54)(H,47,55)(H,52,53)/t30-,31-,32-,33-/m0/s1. The second-order valence-corrected chi connectivity index (χ2v) is 15.0. The summed E-state index contributed by atoms with van der Waals surface area (Å²) in [6.45, 7) is 8.38. The fraction of sp³-hybridized carbons (Fsp3) is 0.439. The van der Waals surface area contributed by atoms with E-state index in [0.717, 1.165) is 34.9 Å². The highest BCUT2D eigenvalue weighted by Gasteiger charge is 2.39. The van der Waals surface area contributed by atoms with Gasteiger partial charge in [-0.1, -0.05) is 51.8 Å². The Labute approximate surface area is 330 Å². The Morgan fingerprint density at radius 2 is 1.35 bits per heavy atom. The fourth-order valence-electron chi connectivity index (χ4n) is 7.46. The van der Waals surface area contributed by atoms with Gasteiger partial charge in [-0.25, -0.2) is 24.4 Å². The zero-order valence-corrected chi connectivity index (χ0v) is 32.8. The minimum absolute atomic E-state index is 0.123. The van der Waals surface area contributed by atoms with E-state index in [0.29, 0.717) is 43.1 Å². The number of hydrogen-bond donors (Lipinski definition) is 5. The van der Waals surface area contributed by atoms with Crippen LogP contribution in [-0.4, -0.2) is 104 Å². The Morgan fingerprint density at radius 1 is 0.789 bits per heavy atom. The van der Waals surface area contributed by atoms with Crippen LogP contribution in [0.15, 0.2) is 42.6 Å². The highest BCUT2D eigenvalue weighted by Crippen LogP contribution is 2.34. The number of benzene rings is 2. The van der Waals surface area contributed by atoms with Gasteiger partial charge in [0.05, 0.1) is 38.2 Å². The Bertz CT molecular complexity index is 2230. The SMILES string of the molecule is COC(=O)N[C@H](C(=O)N1CCC[C@H]1c1ncc(-c2ccc3cc(C#Cc4[nH]c([C@@H]5CCCN5C(=O)[C@@H](NC(=O)OC)C(C)C)nc4C(=O)O)ccc3c2)[nH]1)C(C)C. The number of amides is 4. The second-order valence-electron chi connectivity index (χ2n) is 15.0. The summed E-state index contributed by atoms with van der Waals surface area (Å²) >= 11 is 0. The molecule has 0 saturated carbocycles. The third-order valence-electron chi connectivity index (χ3n) is 10.5. The van der Waals surface area contributed by atoms with Gasteiger partial charge in [0.15, 0.2) is 5.69 Å². The lowest BCUT2D eigenvalue weighted by Crippen LogP contribution is -2.51. The number of rotatable bonds is 10. The van der Waals surface area contributed by atoms with Crippen LogP contribution in [0.3, 0.4) is 0 Å². The van der Waals surface area contributed by atoms with Crippen molar-refractivity contribution in [1.82, 2.24) is 40.4 Å². The average Bonchev–Trinajstić information content (AvgIpc) is 4.03. The van der Waals surface area contributed by atoms with Gasteiger partial charge in [-0.3, -0.25) is 9.59 Å². The molecule has 0 bridgehead atoms. The Hall–Kier alpha value is -6.37. The van der Waals surface area contributed by atoms with Gasteiger partial charge in [-0.05, 0) is 72.4 Å². The number of imidazole rings is 2. The summed E-state index contributed by atoms with van der Waals surface area (Å²) in [6, 6.07) is 9.34. The molecule has 16 nitrogen and oxygen atoms in total. The molecule has 2 aromatic carbocycles. The largest absolute Gasteiger partial charge is 0.476 e. The Balaban J connectivity index is 1.19. The first-order chi connectivity index (χ1) is 27.3. The maximum Gasteiger partial charge on any atom is 0.407 e. The number of nitrogens with one attached hydrogen (secondary N) is 4. The van der Waals surface area contributed by atoms with Crippen molar-refractivity contribution in [3.8, 4) is 23.1 Å². The normalized spacial score (nSPS) is 17.6. The molecule has 6 rings (SSSR count).